The van der Waals surface area contributed by atoms with Crippen molar-refractivity contribution in [2.24, 2.45) is 5.10 Å². The quantitative estimate of drug-likeness (QED) is 0.652. The van der Waals surface area contributed by atoms with Crippen LogP contribution in [0.25, 0.3) is 0 Å². The molecule has 0 unspecified atom stereocenters. The number of rotatable bonds is 3. The van der Waals surface area contributed by atoms with Gasteiger partial charge in [0.15, 0.2) is 5.72 Å². The molecule has 0 bridgehead atoms. The first-order valence-electron chi connectivity index (χ1n) is 8.61. The van der Waals surface area contributed by atoms with Crippen molar-refractivity contribution in [3.05, 3.63) is 63.6 Å². The summed E-state index contributed by atoms with van der Waals surface area (Å²) in [6, 6.07) is 13.9. The molecule has 2 aromatic carbocycles. The summed E-state index contributed by atoms with van der Waals surface area (Å²) in [5, 5.41) is 8.53. The van der Waals surface area contributed by atoms with Crippen molar-refractivity contribution in [2.75, 3.05) is 0 Å². The maximum Gasteiger partial charge on any atom is 0.195 e. The summed E-state index contributed by atoms with van der Waals surface area (Å²) in [6.45, 7) is 4.29. The molecule has 5 heteroatoms. The van der Waals surface area contributed by atoms with Crippen molar-refractivity contribution in [1.82, 2.24) is 5.01 Å². The van der Waals surface area contributed by atoms with Gasteiger partial charge in [-0.15, -0.1) is 0 Å². The maximum absolute atomic E-state index is 6.37. The van der Waals surface area contributed by atoms with Crippen LogP contribution in [-0.4, -0.2) is 16.4 Å². The summed E-state index contributed by atoms with van der Waals surface area (Å²) in [7, 11) is 0. The lowest BCUT2D eigenvalue weighted by Gasteiger charge is -2.45. The number of nitrogens with zero attached hydrogens (tertiary/aromatic N) is 2. The molecule has 25 heavy (non-hydrogen) atoms. The van der Waals surface area contributed by atoms with Crippen LogP contribution in [0.5, 0.6) is 5.75 Å². The van der Waals surface area contributed by atoms with Crippen molar-refractivity contribution in [3.63, 3.8) is 0 Å². The van der Waals surface area contributed by atoms with E-state index in [0.717, 1.165) is 51.9 Å². The van der Waals surface area contributed by atoms with Crippen molar-refractivity contribution in [1.29, 1.82) is 0 Å². The van der Waals surface area contributed by atoms with Gasteiger partial charge in [0, 0.05) is 28.5 Å². The number of benzene rings is 2. The van der Waals surface area contributed by atoms with Crippen LogP contribution in [0, 0.1) is 0 Å². The third-order valence-electron chi connectivity index (χ3n) is 4.95. The van der Waals surface area contributed by atoms with E-state index in [-0.39, 0.29) is 6.04 Å². The summed E-state index contributed by atoms with van der Waals surface area (Å²) in [5.41, 5.74) is 2.81. The summed E-state index contributed by atoms with van der Waals surface area (Å²) in [5.74, 6) is 0.911. The summed E-state index contributed by atoms with van der Waals surface area (Å²) in [6.07, 6.45) is 2.76. The summed E-state index contributed by atoms with van der Waals surface area (Å²) in [4.78, 5) is 0. The minimum absolute atomic E-state index is 0.143. The maximum atomic E-state index is 6.37. The lowest BCUT2D eigenvalue weighted by atomic mass is 9.94. The Morgan fingerprint density at radius 3 is 2.60 bits per heavy atom. The molecular formula is C20H20Cl2N2O. The highest BCUT2D eigenvalue weighted by molar-refractivity contribution is 6.31. The molecule has 130 valence electrons. The molecule has 4 rings (SSSR count). The molecule has 2 aliphatic heterocycles. The Morgan fingerprint density at radius 2 is 1.88 bits per heavy atom. The zero-order chi connectivity index (χ0) is 17.6. The Bertz CT molecular complexity index is 834. The van der Waals surface area contributed by atoms with Crippen molar-refractivity contribution in [2.45, 2.75) is 44.9 Å². The normalized spacial score (nSPS) is 24.4. The van der Waals surface area contributed by atoms with Gasteiger partial charge in [0.05, 0.1) is 11.8 Å². The predicted octanol–water partition coefficient (Wildman–Crippen LogP) is 6.05. The standard InChI is InChI=1S/C20H20Cl2N2O/c1-3-10-20(2)24-18(16-11-15(22)8-9-19(16)25-20)12-17(23-24)13-4-6-14(21)7-5-13/h4-9,11,18H,3,10,12H2,1-2H3/t18-,20+/m1/s1. The number of ether oxygens (including phenoxy) is 1. The van der Waals surface area contributed by atoms with Gasteiger partial charge >= 0.3 is 0 Å². The lowest BCUT2D eigenvalue weighted by molar-refractivity contribution is -0.111. The van der Waals surface area contributed by atoms with E-state index in [1.165, 1.54) is 0 Å². The van der Waals surface area contributed by atoms with E-state index in [0.29, 0.717) is 0 Å². The average Bonchev–Trinajstić information content (AvgIpc) is 3.03. The molecule has 0 saturated carbocycles. The van der Waals surface area contributed by atoms with Crippen LogP contribution in [0.3, 0.4) is 0 Å². The topological polar surface area (TPSA) is 24.8 Å². The van der Waals surface area contributed by atoms with E-state index in [1.54, 1.807) is 0 Å². The molecule has 3 nitrogen and oxygen atoms in total. The van der Waals surface area contributed by atoms with Crippen molar-refractivity contribution >= 4 is 28.9 Å². The fourth-order valence-corrected chi connectivity index (χ4v) is 4.10. The number of halogens is 2. The van der Waals surface area contributed by atoms with E-state index < -0.39 is 5.72 Å². The first-order chi connectivity index (χ1) is 12.0. The van der Waals surface area contributed by atoms with Gasteiger partial charge in [0.25, 0.3) is 0 Å². The fourth-order valence-electron chi connectivity index (χ4n) is 3.79. The van der Waals surface area contributed by atoms with Gasteiger partial charge in [-0.05, 0) is 42.8 Å². The second-order valence-corrected chi connectivity index (χ2v) is 7.70. The van der Waals surface area contributed by atoms with Gasteiger partial charge in [0.1, 0.15) is 5.75 Å². The van der Waals surface area contributed by atoms with Crippen LogP contribution in [-0.2, 0) is 0 Å². The van der Waals surface area contributed by atoms with E-state index >= 15 is 0 Å². The molecule has 0 N–H and O–H groups in total. The SMILES string of the molecule is CCC[C@]1(C)Oc2ccc(Cl)cc2[C@H]2CC(c3ccc(Cl)cc3)=NN21. The van der Waals surface area contributed by atoms with Crippen LogP contribution < -0.4 is 4.74 Å². The van der Waals surface area contributed by atoms with E-state index in [4.69, 9.17) is 33.0 Å². The van der Waals surface area contributed by atoms with Gasteiger partial charge in [-0.25, -0.2) is 5.01 Å². The number of hydrazone groups is 1. The molecule has 0 amide bonds. The van der Waals surface area contributed by atoms with E-state index in [2.05, 4.69) is 18.9 Å². The minimum Gasteiger partial charge on any atom is -0.466 e. The highest BCUT2D eigenvalue weighted by atomic mass is 35.5. The third-order valence-corrected chi connectivity index (χ3v) is 5.43. The Morgan fingerprint density at radius 1 is 1.16 bits per heavy atom. The van der Waals surface area contributed by atoms with Gasteiger partial charge in [-0.2, -0.15) is 5.10 Å². The monoisotopic (exact) mass is 374 g/mol. The zero-order valence-electron chi connectivity index (χ0n) is 14.3. The first kappa shape index (κ1) is 16.7. The smallest absolute Gasteiger partial charge is 0.195 e. The predicted molar refractivity (Wildman–Crippen MR) is 103 cm³/mol. The Labute approximate surface area is 158 Å². The number of hydrogen-bond acceptors (Lipinski definition) is 3. The van der Waals surface area contributed by atoms with Crippen LogP contribution in [0.15, 0.2) is 47.6 Å². The highest BCUT2D eigenvalue weighted by Gasteiger charge is 2.47. The molecule has 2 aliphatic rings. The van der Waals surface area contributed by atoms with Gasteiger partial charge < -0.3 is 4.74 Å². The van der Waals surface area contributed by atoms with E-state index in [1.807, 2.05) is 42.5 Å². The van der Waals surface area contributed by atoms with E-state index in [9.17, 15) is 0 Å². The highest BCUT2D eigenvalue weighted by Crippen LogP contribution is 2.48. The first-order valence-corrected chi connectivity index (χ1v) is 9.37. The second-order valence-electron chi connectivity index (χ2n) is 6.83. The number of hydrogen-bond donors (Lipinski definition) is 0. The largest absolute Gasteiger partial charge is 0.466 e. The molecule has 0 fully saturated rings. The lowest BCUT2D eigenvalue weighted by Crippen LogP contribution is -2.51. The Kier molecular flexibility index (Phi) is 4.17. The Balaban J connectivity index is 1.78. The van der Waals surface area contributed by atoms with Gasteiger partial charge in [-0.1, -0.05) is 48.7 Å². The van der Waals surface area contributed by atoms with Crippen LogP contribution in [0.1, 0.15) is 50.3 Å². The molecule has 0 spiro atoms. The van der Waals surface area contributed by atoms with Crippen LogP contribution in [0.2, 0.25) is 10.0 Å². The molecule has 2 aromatic rings. The molecule has 0 saturated heterocycles. The summed E-state index contributed by atoms with van der Waals surface area (Å²) >= 11 is 12.3. The van der Waals surface area contributed by atoms with Crippen molar-refractivity contribution < 1.29 is 4.74 Å². The zero-order valence-corrected chi connectivity index (χ0v) is 15.8. The molecule has 2 heterocycles. The summed E-state index contributed by atoms with van der Waals surface area (Å²) < 4.78 is 6.37. The Hall–Kier alpha value is -1.71. The van der Waals surface area contributed by atoms with Crippen molar-refractivity contribution in [3.8, 4) is 5.75 Å². The molecule has 0 radical (unpaired) electrons. The fraction of sp³-hybridized carbons (Fsp3) is 0.350. The third kappa shape index (κ3) is 2.90. The van der Waals surface area contributed by atoms with Crippen LogP contribution >= 0.6 is 23.2 Å². The molecule has 0 aromatic heterocycles. The average molecular weight is 375 g/mol. The molecule has 2 atom stereocenters. The molecular weight excluding hydrogens is 355 g/mol. The van der Waals surface area contributed by atoms with Gasteiger partial charge in [0.2, 0.25) is 0 Å². The van der Waals surface area contributed by atoms with Gasteiger partial charge in [-0.3, -0.25) is 0 Å². The number of fused-ring (bicyclic) bond motifs is 3. The molecule has 0 aliphatic carbocycles. The minimum atomic E-state index is -0.450. The van der Waals surface area contributed by atoms with Crippen LogP contribution in [0.4, 0.5) is 0 Å². The second kappa shape index (κ2) is 6.22.